The highest BCUT2D eigenvalue weighted by Crippen LogP contribution is 2.42. The van der Waals surface area contributed by atoms with Crippen LogP contribution in [0, 0.1) is 5.92 Å². The molecule has 28 heavy (non-hydrogen) atoms. The average molecular weight is 414 g/mol. The van der Waals surface area contributed by atoms with E-state index >= 15 is 0 Å². The van der Waals surface area contributed by atoms with Crippen LogP contribution < -0.4 is 32.4 Å². The summed E-state index contributed by atoms with van der Waals surface area (Å²) in [7, 11) is 0. The number of nitrogens with one attached hydrogen (secondary N) is 5. The summed E-state index contributed by atoms with van der Waals surface area (Å²) < 4.78 is 6.40. The standard InChI is InChI=1S/C18H32ClN7O2/c19-10-7-22-16-14(15(20)25-26(16)9-10)17(27)24-12-8-21-3-1-13(12)28-11-5-18(6-11)2-4-23-18/h10-16,21-23,25H,1-9,20H2,(H,24,27). The van der Waals surface area contributed by atoms with Crippen LogP contribution in [0.4, 0.5) is 0 Å². The van der Waals surface area contributed by atoms with Gasteiger partial charge in [-0.3, -0.25) is 10.1 Å². The van der Waals surface area contributed by atoms with Gasteiger partial charge in [0.15, 0.2) is 0 Å². The van der Waals surface area contributed by atoms with E-state index in [9.17, 15) is 4.79 Å². The van der Waals surface area contributed by atoms with Crippen molar-refractivity contribution in [3.8, 4) is 0 Å². The number of piperidine rings is 1. The zero-order valence-electron chi connectivity index (χ0n) is 16.1. The largest absolute Gasteiger partial charge is 0.373 e. The molecule has 7 N–H and O–H groups in total. The van der Waals surface area contributed by atoms with Gasteiger partial charge in [-0.05, 0) is 38.8 Å². The smallest absolute Gasteiger partial charge is 0.229 e. The van der Waals surface area contributed by atoms with Gasteiger partial charge in [-0.15, -0.1) is 11.6 Å². The lowest BCUT2D eigenvalue weighted by Gasteiger charge is -2.55. The van der Waals surface area contributed by atoms with Crippen LogP contribution in [-0.2, 0) is 9.53 Å². The topological polar surface area (TPSA) is 116 Å². The Hall–Kier alpha value is -0.520. The van der Waals surface area contributed by atoms with Crippen molar-refractivity contribution in [3.63, 3.8) is 0 Å². The molecule has 6 atom stereocenters. The molecule has 0 bridgehead atoms. The maximum atomic E-state index is 13.1. The number of nitrogens with two attached hydrogens (primary N) is 1. The first-order chi connectivity index (χ1) is 13.5. The molecule has 4 heterocycles. The predicted molar refractivity (Wildman–Crippen MR) is 105 cm³/mol. The summed E-state index contributed by atoms with van der Waals surface area (Å²) in [6.45, 7) is 4.13. The highest BCUT2D eigenvalue weighted by molar-refractivity contribution is 6.21. The molecule has 158 valence electrons. The Morgan fingerprint density at radius 2 is 2.11 bits per heavy atom. The number of halogens is 1. The summed E-state index contributed by atoms with van der Waals surface area (Å²) in [4.78, 5) is 13.1. The van der Waals surface area contributed by atoms with E-state index in [0.717, 1.165) is 38.9 Å². The third kappa shape index (κ3) is 3.56. The average Bonchev–Trinajstić information content (AvgIpc) is 2.92. The molecular formula is C18H32ClN7O2. The Morgan fingerprint density at radius 1 is 1.29 bits per heavy atom. The van der Waals surface area contributed by atoms with Crippen LogP contribution in [0.2, 0.25) is 0 Å². The molecule has 5 aliphatic rings. The Kier molecular flexibility index (Phi) is 5.30. The van der Waals surface area contributed by atoms with E-state index in [-0.39, 0.29) is 35.5 Å². The van der Waals surface area contributed by atoms with E-state index < -0.39 is 6.17 Å². The van der Waals surface area contributed by atoms with Gasteiger partial charge in [0, 0.05) is 25.2 Å². The molecule has 4 saturated heterocycles. The third-order valence-electron chi connectivity index (χ3n) is 7.08. The van der Waals surface area contributed by atoms with E-state index in [0.29, 0.717) is 24.7 Å². The second kappa shape index (κ2) is 7.63. The minimum Gasteiger partial charge on any atom is -0.373 e. The number of alkyl halides is 1. The van der Waals surface area contributed by atoms with Crippen LogP contribution in [0.3, 0.4) is 0 Å². The lowest BCUT2D eigenvalue weighted by Crippen LogP contribution is -2.68. The first-order valence-corrected chi connectivity index (χ1v) is 11.0. The van der Waals surface area contributed by atoms with Crippen LogP contribution >= 0.6 is 11.6 Å². The molecule has 0 aromatic heterocycles. The van der Waals surface area contributed by atoms with Crippen LogP contribution in [0.5, 0.6) is 0 Å². The number of nitrogens with zero attached hydrogens (tertiary/aromatic N) is 1. The zero-order chi connectivity index (χ0) is 19.3. The van der Waals surface area contributed by atoms with Crippen molar-refractivity contribution in [2.45, 2.75) is 67.2 Å². The van der Waals surface area contributed by atoms with Crippen LogP contribution in [0.1, 0.15) is 25.7 Å². The number of amides is 1. The first kappa shape index (κ1) is 19.4. The van der Waals surface area contributed by atoms with Gasteiger partial charge in [0.1, 0.15) is 0 Å². The lowest BCUT2D eigenvalue weighted by molar-refractivity contribution is -0.138. The summed E-state index contributed by atoms with van der Waals surface area (Å²) in [5.74, 6) is -0.390. The van der Waals surface area contributed by atoms with Gasteiger partial charge in [0.05, 0.1) is 41.9 Å². The summed E-state index contributed by atoms with van der Waals surface area (Å²) in [6, 6.07) is -0.0298. The molecule has 0 aromatic rings. The molecule has 5 fully saturated rings. The van der Waals surface area contributed by atoms with Crippen molar-refractivity contribution in [1.29, 1.82) is 0 Å². The molecular weight excluding hydrogens is 382 g/mol. The second-order valence-corrected chi connectivity index (χ2v) is 9.67. The van der Waals surface area contributed by atoms with Crippen LogP contribution in [0.25, 0.3) is 0 Å². The number of ether oxygens (including phenoxy) is 1. The Morgan fingerprint density at radius 3 is 2.86 bits per heavy atom. The molecule has 1 saturated carbocycles. The maximum Gasteiger partial charge on any atom is 0.229 e. The summed E-state index contributed by atoms with van der Waals surface area (Å²) >= 11 is 6.22. The fourth-order valence-electron chi connectivity index (χ4n) is 5.38. The molecule has 5 rings (SSSR count). The molecule has 1 amide bonds. The molecule has 0 aromatic carbocycles. The number of fused-ring (bicyclic) bond motifs is 1. The summed E-state index contributed by atoms with van der Waals surface area (Å²) in [5.41, 5.74) is 9.78. The minimum atomic E-state index is -0.424. The summed E-state index contributed by atoms with van der Waals surface area (Å²) in [6.07, 6.45) is 4.18. The van der Waals surface area contributed by atoms with E-state index in [4.69, 9.17) is 22.1 Å². The van der Waals surface area contributed by atoms with Crippen LogP contribution in [-0.4, -0.2) is 85.1 Å². The Bertz CT molecular complexity index is 598. The molecule has 1 aliphatic carbocycles. The number of carbonyl (C=O) groups excluding carboxylic acids is 1. The van der Waals surface area contributed by atoms with Crippen molar-refractivity contribution in [1.82, 2.24) is 31.7 Å². The van der Waals surface area contributed by atoms with Crippen molar-refractivity contribution in [2.24, 2.45) is 11.7 Å². The van der Waals surface area contributed by atoms with Gasteiger partial charge >= 0.3 is 0 Å². The van der Waals surface area contributed by atoms with Crippen molar-refractivity contribution < 1.29 is 9.53 Å². The number of hydrazine groups is 1. The number of hydrogen-bond acceptors (Lipinski definition) is 8. The lowest BCUT2D eigenvalue weighted by atomic mass is 9.68. The highest BCUT2D eigenvalue weighted by Gasteiger charge is 2.50. The zero-order valence-corrected chi connectivity index (χ0v) is 16.9. The monoisotopic (exact) mass is 413 g/mol. The molecule has 1 spiro atoms. The fraction of sp³-hybridized carbons (Fsp3) is 0.944. The minimum absolute atomic E-state index is 0.00835. The van der Waals surface area contributed by atoms with Gasteiger partial charge < -0.3 is 26.4 Å². The first-order valence-electron chi connectivity index (χ1n) is 10.6. The van der Waals surface area contributed by atoms with Crippen molar-refractivity contribution in [2.75, 3.05) is 32.7 Å². The molecule has 4 aliphatic heterocycles. The van der Waals surface area contributed by atoms with E-state index in [2.05, 4.69) is 26.7 Å². The highest BCUT2D eigenvalue weighted by atomic mass is 35.5. The fourth-order valence-corrected chi connectivity index (χ4v) is 5.62. The number of rotatable bonds is 4. The van der Waals surface area contributed by atoms with Gasteiger partial charge in [0.25, 0.3) is 0 Å². The van der Waals surface area contributed by atoms with Crippen molar-refractivity contribution >= 4 is 17.5 Å². The quantitative estimate of drug-likeness (QED) is 0.293. The van der Waals surface area contributed by atoms with Gasteiger partial charge in [0.2, 0.25) is 5.91 Å². The van der Waals surface area contributed by atoms with Crippen molar-refractivity contribution in [3.05, 3.63) is 0 Å². The van der Waals surface area contributed by atoms with Gasteiger partial charge in [-0.2, -0.15) is 0 Å². The number of hydrogen-bond donors (Lipinski definition) is 6. The second-order valence-electron chi connectivity index (χ2n) is 9.05. The SMILES string of the molecule is NC1NN2CC(Cl)CNC2C1C(=O)NC1CNCCC1OC1CC2(CCN2)C1. The third-order valence-corrected chi connectivity index (χ3v) is 7.37. The Labute approximate surface area is 170 Å². The Balaban J connectivity index is 1.18. The van der Waals surface area contributed by atoms with E-state index in [1.54, 1.807) is 0 Å². The van der Waals surface area contributed by atoms with E-state index in [1.165, 1.54) is 6.42 Å². The predicted octanol–water partition coefficient (Wildman–Crippen LogP) is -2.00. The van der Waals surface area contributed by atoms with Crippen LogP contribution in [0.15, 0.2) is 0 Å². The molecule has 0 radical (unpaired) electrons. The van der Waals surface area contributed by atoms with E-state index in [1.807, 2.05) is 5.01 Å². The number of carbonyl (C=O) groups is 1. The van der Waals surface area contributed by atoms with Gasteiger partial charge in [-0.1, -0.05) is 0 Å². The summed E-state index contributed by atoms with van der Waals surface area (Å²) in [5, 5.41) is 15.5. The molecule has 9 nitrogen and oxygen atoms in total. The normalized spacial score (nSPS) is 48.6. The van der Waals surface area contributed by atoms with Gasteiger partial charge in [-0.25, -0.2) is 10.4 Å². The maximum absolute atomic E-state index is 13.1. The molecule has 6 unspecified atom stereocenters. The molecule has 10 heteroatoms.